The van der Waals surface area contributed by atoms with Crippen molar-refractivity contribution in [1.82, 2.24) is 0 Å². The molecule has 0 aliphatic heterocycles. The molecule has 0 unspecified atom stereocenters. The van der Waals surface area contributed by atoms with Gasteiger partial charge >= 0.3 is 0 Å². The maximum absolute atomic E-state index is 9.33. The second-order valence-electron chi connectivity index (χ2n) is 3.41. The number of benzene rings is 2. The highest BCUT2D eigenvalue weighted by molar-refractivity contribution is 5.62. The lowest BCUT2D eigenvalue weighted by Gasteiger charge is -2.08. The van der Waals surface area contributed by atoms with Crippen LogP contribution in [0.2, 0.25) is 0 Å². The van der Waals surface area contributed by atoms with Crippen LogP contribution in [0.1, 0.15) is 0 Å². The fraction of sp³-hybridized carbons (Fsp3) is 0.0769. The molecule has 0 aromatic heterocycles. The van der Waals surface area contributed by atoms with Crippen LogP contribution in [-0.2, 0) is 0 Å². The molecule has 82 valence electrons. The first-order valence-corrected chi connectivity index (χ1v) is 4.98. The fourth-order valence-electron chi connectivity index (χ4n) is 1.45. The van der Waals surface area contributed by atoms with Crippen LogP contribution in [-0.4, -0.2) is 12.2 Å². The Balaban J connectivity index is 2.20. The molecular formula is C13H13NO2. The molecule has 0 spiro atoms. The van der Waals surface area contributed by atoms with Crippen molar-refractivity contribution in [3.63, 3.8) is 0 Å². The van der Waals surface area contributed by atoms with Gasteiger partial charge in [0.15, 0.2) is 0 Å². The molecule has 2 aromatic rings. The Kier molecular flexibility index (Phi) is 2.96. The van der Waals surface area contributed by atoms with Crippen molar-refractivity contribution >= 4 is 11.4 Å². The summed E-state index contributed by atoms with van der Waals surface area (Å²) in [4.78, 5) is 0. The Labute approximate surface area is 94.3 Å². The predicted octanol–water partition coefficient (Wildman–Crippen LogP) is 3.14. The molecule has 0 saturated heterocycles. The highest BCUT2D eigenvalue weighted by Crippen LogP contribution is 2.23. The molecule has 0 fully saturated rings. The number of hydrogen-bond donors (Lipinski definition) is 2. The van der Waals surface area contributed by atoms with Crippen molar-refractivity contribution in [2.45, 2.75) is 0 Å². The van der Waals surface area contributed by atoms with Crippen LogP contribution in [0.4, 0.5) is 11.4 Å². The van der Waals surface area contributed by atoms with E-state index < -0.39 is 0 Å². The summed E-state index contributed by atoms with van der Waals surface area (Å²) in [5, 5.41) is 12.5. The van der Waals surface area contributed by atoms with Gasteiger partial charge in [0.2, 0.25) is 0 Å². The van der Waals surface area contributed by atoms with Crippen LogP contribution < -0.4 is 10.1 Å². The summed E-state index contributed by atoms with van der Waals surface area (Å²) in [6, 6.07) is 14.6. The molecule has 2 aromatic carbocycles. The van der Waals surface area contributed by atoms with Crippen LogP contribution in [0.25, 0.3) is 0 Å². The zero-order chi connectivity index (χ0) is 11.4. The molecule has 2 N–H and O–H groups in total. The van der Waals surface area contributed by atoms with Crippen LogP contribution in [0.3, 0.4) is 0 Å². The van der Waals surface area contributed by atoms with Crippen molar-refractivity contribution < 1.29 is 9.84 Å². The predicted molar refractivity (Wildman–Crippen MR) is 64.4 cm³/mol. The van der Waals surface area contributed by atoms with Gasteiger partial charge in [-0.1, -0.05) is 12.1 Å². The number of phenolic OH excluding ortho intramolecular Hbond substituents is 1. The second-order valence-corrected chi connectivity index (χ2v) is 3.41. The number of nitrogens with one attached hydrogen (secondary N) is 1. The van der Waals surface area contributed by atoms with E-state index in [9.17, 15) is 5.11 Å². The summed E-state index contributed by atoms with van der Waals surface area (Å²) in [7, 11) is 1.63. The highest BCUT2D eigenvalue weighted by atomic mass is 16.5. The summed E-state index contributed by atoms with van der Waals surface area (Å²) in [5.41, 5.74) is 1.76. The minimum absolute atomic E-state index is 0.243. The average molecular weight is 215 g/mol. The smallest absolute Gasteiger partial charge is 0.120 e. The number of phenols is 1. The number of ether oxygens (including phenoxy) is 1. The summed E-state index contributed by atoms with van der Waals surface area (Å²) in [6.45, 7) is 0. The summed E-state index contributed by atoms with van der Waals surface area (Å²) in [6.07, 6.45) is 0. The van der Waals surface area contributed by atoms with E-state index in [0.29, 0.717) is 0 Å². The van der Waals surface area contributed by atoms with E-state index in [4.69, 9.17) is 4.74 Å². The van der Waals surface area contributed by atoms with E-state index in [1.54, 1.807) is 25.3 Å². The van der Waals surface area contributed by atoms with Crippen LogP contribution >= 0.6 is 0 Å². The van der Waals surface area contributed by atoms with Gasteiger partial charge in [-0.3, -0.25) is 0 Å². The largest absolute Gasteiger partial charge is 0.508 e. The first-order chi connectivity index (χ1) is 7.78. The summed E-state index contributed by atoms with van der Waals surface area (Å²) < 4.78 is 5.13. The van der Waals surface area contributed by atoms with Crippen molar-refractivity contribution in [1.29, 1.82) is 0 Å². The minimum Gasteiger partial charge on any atom is -0.508 e. The van der Waals surface area contributed by atoms with Crippen LogP contribution in [0, 0.1) is 0 Å². The molecule has 0 bridgehead atoms. The van der Waals surface area contributed by atoms with Crippen LogP contribution in [0.15, 0.2) is 48.5 Å². The lowest BCUT2D eigenvalue weighted by atomic mass is 10.2. The lowest BCUT2D eigenvalue weighted by Crippen LogP contribution is -1.90. The Morgan fingerprint density at radius 3 is 2.38 bits per heavy atom. The standard InChI is InChI=1S/C13H13NO2/c1-16-13-7-3-5-11(9-13)14-10-4-2-6-12(15)8-10/h2-9,14-15H,1H3. The Morgan fingerprint density at radius 1 is 1.00 bits per heavy atom. The third-order valence-corrected chi connectivity index (χ3v) is 2.20. The Morgan fingerprint density at radius 2 is 1.69 bits per heavy atom. The van der Waals surface area contributed by atoms with E-state index in [-0.39, 0.29) is 5.75 Å². The topological polar surface area (TPSA) is 41.5 Å². The zero-order valence-corrected chi connectivity index (χ0v) is 8.97. The first kappa shape index (κ1) is 10.4. The molecule has 0 amide bonds. The van der Waals surface area contributed by atoms with Gasteiger partial charge in [-0.05, 0) is 24.3 Å². The number of aromatic hydroxyl groups is 1. The van der Waals surface area contributed by atoms with Gasteiger partial charge < -0.3 is 15.2 Å². The van der Waals surface area contributed by atoms with Crippen molar-refractivity contribution in [2.24, 2.45) is 0 Å². The van der Waals surface area contributed by atoms with Gasteiger partial charge in [0.05, 0.1) is 7.11 Å². The van der Waals surface area contributed by atoms with E-state index in [2.05, 4.69) is 5.32 Å². The van der Waals surface area contributed by atoms with E-state index in [1.807, 2.05) is 30.3 Å². The van der Waals surface area contributed by atoms with Crippen LogP contribution in [0.5, 0.6) is 11.5 Å². The van der Waals surface area contributed by atoms with Gasteiger partial charge in [-0.15, -0.1) is 0 Å². The molecule has 0 aliphatic rings. The molecule has 0 heterocycles. The number of anilines is 2. The molecule has 3 heteroatoms. The Bertz CT molecular complexity index is 483. The van der Waals surface area contributed by atoms with E-state index >= 15 is 0 Å². The molecule has 0 aliphatic carbocycles. The van der Waals surface area contributed by atoms with Gasteiger partial charge in [0, 0.05) is 23.5 Å². The number of methoxy groups -OCH3 is 1. The molecule has 0 atom stereocenters. The summed E-state index contributed by atoms with van der Waals surface area (Å²) in [5.74, 6) is 1.04. The maximum Gasteiger partial charge on any atom is 0.120 e. The molecule has 0 radical (unpaired) electrons. The van der Waals surface area contributed by atoms with Gasteiger partial charge in [-0.2, -0.15) is 0 Å². The lowest BCUT2D eigenvalue weighted by molar-refractivity contribution is 0.415. The van der Waals surface area contributed by atoms with Gasteiger partial charge in [-0.25, -0.2) is 0 Å². The normalized spacial score (nSPS) is 9.81. The van der Waals surface area contributed by atoms with E-state index in [1.165, 1.54) is 0 Å². The minimum atomic E-state index is 0.243. The van der Waals surface area contributed by atoms with Crippen molar-refractivity contribution in [3.8, 4) is 11.5 Å². The van der Waals surface area contributed by atoms with E-state index in [0.717, 1.165) is 17.1 Å². The van der Waals surface area contributed by atoms with Gasteiger partial charge in [0.1, 0.15) is 11.5 Å². The quantitative estimate of drug-likeness (QED) is 0.826. The fourth-order valence-corrected chi connectivity index (χ4v) is 1.45. The zero-order valence-electron chi connectivity index (χ0n) is 8.97. The highest BCUT2D eigenvalue weighted by Gasteiger charge is 1.97. The first-order valence-electron chi connectivity index (χ1n) is 4.98. The summed E-state index contributed by atoms with van der Waals surface area (Å²) >= 11 is 0. The Hall–Kier alpha value is -2.16. The third kappa shape index (κ3) is 2.45. The third-order valence-electron chi connectivity index (χ3n) is 2.20. The molecule has 0 saturated carbocycles. The molecule has 16 heavy (non-hydrogen) atoms. The molecular weight excluding hydrogens is 202 g/mol. The second kappa shape index (κ2) is 4.57. The maximum atomic E-state index is 9.33. The number of rotatable bonds is 3. The monoisotopic (exact) mass is 215 g/mol. The average Bonchev–Trinajstić information content (AvgIpc) is 2.29. The van der Waals surface area contributed by atoms with Gasteiger partial charge in [0.25, 0.3) is 0 Å². The molecule has 3 nitrogen and oxygen atoms in total. The van der Waals surface area contributed by atoms with Crippen molar-refractivity contribution in [3.05, 3.63) is 48.5 Å². The number of hydrogen-bond acceptors (Lipinski definition) is 3. The van der Waals surface area contributed by atoms with Crippen molar-refractivity contribution in [2.75, 3.05) is 12.4 Å². The SMILES string of the molecule is COc1cccc(Nc2cccc(O)c2)c1. The molecule has 2 rings (SSSR count).